The molecule has 0 aliphatic carbocycles. The van der Waals surface area contributed by atoms with E-state index in [2.05, 4.69) is 5.32 Å². The summed E-state index contributed by atoms with van der Waals surface area (Å²) in [6.45, 7) is 1.50. The Morgan fingerprint density at radius 2 is 1.78 bits per heavy atom. The number of nitrogens with one attached hydrogen (secondary N) is 1. The fraction of sp³-hybridized carbons (Fsp3) is 0.278. The molecule has 2 aromatic carbocycles. The molecule has 0 unspecified atom stereocenters. The number of methoxy groups -OCH3 is 2. The highest BCUT2D eigenvalue weighted by molar-refractivity contribution is 7.92. The maximum absolute atomic E-state index is 12.7. The molecule has 0 saturated carbocycles. The zero-order chi connectivity index (χ0) is 20.2. The second-order valence-corrected chi connectivity index (χ2v) is 8.07. The average Bonchev–Trinajstić information content (AvgIpc) is 2.60. The number of amides is 1. The molecule has 2 rings (SSSR count). The summed E-state index contributed by atoms with van der Waals surface area (Å²) < 4.78 is 36.0. The van der Waals surface area contributed by atoms with Gasteiger partial charge in [-0.05, 0) is 37.3 Å². The fourth-order valence-electron chi connectivity index (χ4n) is 2.58. The minimum atomic E-state index is -3.73. The number of halogens is 1. The predicted octanol–water partition coefficient (Wildman–Crippen LogP) is 3.15. The molecule has 9 heteroatoms. The molecule has 0 aliphatic rings. The molecule has 146 valence electrons. The summed E-state index contributed by atoms with van der Waals surface area (Å²) in [6, 6.07) is 10.2. The highest BCUT2D eigenvalue weighted by Crippen LogP contribution is 2.30. The Balaban J connectivity index is 2.30. The molecule has 0 radical (unpaired) electrons. The topological polar surface area (TPSA) is 84.9 Å². The van der Waals surface area contributed by atoms with Crippen LogP contribution in [0, 0.1) is 0 Å². The molecule has 0 spiro atoms. The molecule has 0 fully saturated rings. The maximum atomic E-state index is 12.7. The summed E-state index contributed by atoms with van der Waals surface area (Å²) in [5, 5.41) is 3.06. The van der Waals surface area contributed by atoms with Crippen molar-refractivity contribution in [3.05, 3.63) is 47.5 Å². The van der Waals surface area contributed by atoms with Crippen molar-refractivity contribution in [3.63, 3.8) is 0 Å². The Morgan fingerprint density at radius 1 is 1.11 bits per heavy atom. The Labute approximate surface area is 163 Å². The summed E-state index contributed by atoms with van der Waals surface area (Å²) in [6.07, 6.45) is 1.04. The summed E-state index contributed by atoms with van der Waals surface area (Å²) in [5.74, 6) is 0.450. The van der Waals surface area contributed by atoms with Crippen LogP contribution in [0.1, 0.15) is 6.92 Å². The molecular weight excluding hydrogens is 392 g/mol. The third kappa shape index (κ3) is 5.05. The highest BCUT2D eigenvalue weighted by Gasteiger charge is 2.29. The number of nitrogens with zero attached hydrogens (tertiary/aromatic N) is 1. The first-order valence-corrected chi connectivity index (χ1v) is 10.2. The van der Waals surface area contributed by atoms with Crippen molar-refractivity contribution in [2.75, 3.05) is 30.1 Å². The van der Waals surface area contributed by atoms with Crippen LogP contribution < -0.4 is 19.1 Å². The number of sulfonamides is 1. The smallest absolute Gasteiger partial charge is 0.247 e. The van der Waals surface area contributed by atoms with Gasteiger partial charge in [-0.15, -0.1) is 0 Å². The molecular formula is C18H21ClN2O5S. The van der Waals surface area contributed by atoms with Crippen LogP contribution in [0.4, 0.5) is 11.4 Å². The molecule has 7 nitrogen and oxygen atoms in total. The van der Waals surface area contributed by atoms with E-state index in [-0.39, 0.29) is 0 Å². The summed E-state index contributed by atoms with van der Waals surface area (Å²) in [5.41, 5.74) is 0.754. The normalized spacial score (nSPS) is 12.2. The van der Waals surface area contributed by atoms with Crippen LogP contribution in [0.3, 0.4) is 0 Å². The maximum Gasteiger partial charge on any atom is 0.247 e. The van der Waals surface area contributed by atoms with Crippen molar-refractivity contribution in [1.29, 1.82) is 0 Å². The molecule has 1 N–H and O–H groups in total. The van der Waals surface area contributed by atoms with Gasteiger partial charge in [0.2, 0.25) is 15.9 Å². The first-order chi connectivity index (χ1) is 12.7. The van der Waals surface area contributed by atoms with Crippen LogP contribution in [-0.2, 0) is 14.8 Å². The average molecular weight is 413 g/mol. The van der Waals surface area contributed by atoms with E-state index in [1.165, 1.54) is 27.2 Å². The molecule has 0 bridgehead atoms. The molecule has 0 heterocycles. The van der Waals surface area contributed by atoms with Gasteiger partial charge in [-0.3, -0.25) is 9.10 Å². The first-order valence-electron chi connectivity index (χ1n) is 7.95. The van der Waals surface area contributed by atoms with Crippen molar-refractivity contribution in [2.45, 2.75) is 13.0 Å². The van der Waals surface area contributed by atoms with E-state index in [0.29, 0.717) is 27.9 Å². The van der Waals surface area contributed by atoms with Gasteiger partial charge in [-0.1, -0.05) is 17.7 Å². The van der Waals surface area contributed by atoms with Crippen molar-refractivity contribution in [2.24, 2.45) is 0 Å². The monoisotopic (exact) mass is 412 g/mol. The van der Waals surface area contributed by atoms with Gasteiger partial charge in [0.05, 0.1) is 26.2 Å². The van der Waals surface area contributed by atoms with E-state index in [4.69, 9.17) is 21.1 Å². The predicted molar refractivity (Wildman–Crippen MR) is 106 cm³/mol. The molecule has 0 aliphatic heterocycles. The summed E-state index contributed by atoms with van der Waals surface area (Å²) >= 11 is 5.97. The number of anilines is 2. The van der Waals surface area contributed by atoms with E-state index < -0.39 is 22.0 Å². The SMILES string of the molecule is COc1ccc(NC(=O)[C@@H](C)N(c2cccc(Cl)c2)S(C)(=O)=O)cc1OC. The van der Waals surface area contributed by atoms with Gasteiger partial charge in [0.1, 0.15) is 6.04 Å². The number of benzene rings is 2. The minimum absolute atomic E-state index is 0.306. The highest BCUT2D eigenvalue weighted by atomic mass is 35.5. The number of ether oxygens (including phenoxy) is 2. The number of carbonyl (C=O) groups excluding carboxylic acids is 1. The Bertz CT molecular complexity index is 933. The van der Waals surface area contributed by atoms with Gasteiger partial charge in [0.15, 0.2) is 11.5 Å². The van der Waals surface area contributed by atoms with Crippen LogP contribution in [-0.4, -0.2) is 40.8 Å². The Morgan fingerprint density at radius 3 is 2.33 bits per heavy atom. The lowest BCUT2D eigenvalue weighted by atomic mass is 10.2. The lowest BCUT2D eigenvalue weighted by molar-refractivity contribution is -0.116. The van der Waals surface area contributed by atoms with E-state index in [1.807, 2.05) is 0 Å². The van der Waals surface area contributed by atoms with E-state index in [9.17, 15) is 13.2 Å². The van der Waals surface area contributed by atoms with Crippen LogP contribution in [0.5, 0.6) is 11.5 Å². The lowest BCUT2D eigenvalue weighted by Gasteiger charge is -2.28. The standard InChI is InChI=1S/C18H21ClN2O5S/c1-12(21(27(4,23)24)15-7-5-6-13(19)10-15)18(22)20-14-8-9-16(25-2)17(11-14)26-3/h5-12H,1-4H3,(H,20,22)/t12-/m1/s1. The van der Waals surface area contributed by atoms with E-state index in [1.54, 1.807) is 36.4 Å². The van der Waals surface area contributed by atoms with Crippen LogP contribution in [0.2, 0.25) is 5.02 Å². The van der Waals surface area contributed by atoms with Gasteiger partial charge >= 0.3 is 0 Å². The Kier molecular flexibility index (Phi) is 6.56. The van der Waals surface area contributed by atoms with E-state index >= 15 is 0 Å². The fourth-order valence-corrected chi connectivity index (χ4v) is 3.93. The third-order valence-corrected chi connectivity index (χ3v) is 5.28. The van der Waals surface area contributed by atoms with Gasteiger partial charge in [-0.2, -0.15) is 0 Å². The quantitative estimate of drug-likeness (QED) is 0.755. The van der Waals surface area contributed by atoms with Gasteiger partial charge in [0, 0.05) is 16.8 Å². The second-order valence-electron chi connectivity index (χ2n) is 5.77. The van der Waals surface area contributed by atoms with Crippen molar-refractivity contribution < 1.29 is 22.7 Å². The number of carbonyl (C=O) groups is 1. The van der Waals surface area contributed by atoms with E-state index in [0.717, 1.165) is 10.6 Å². The van der Waals surface area contributed by atoms with Gasteiger partial charge in [-0.25, -0.2) is 8.42 Å². The summed E-state index contributed by atoms with van der Waals surface area (Å²) in [4.78, 5) is 12.7. The van der Waals surface area contributed by atoms with Crippen LogP contribution in [0.15, 0.2) is 42.5 Å². The molecule has 1 amide bonds. The molecule has 0 aromatic heterocycles. The van der Waals surface area contributed by atoms with Crippen LogP contribution in [0.25, 0.3) is 0 Å². The van der Waals surface area contributed by atoms with Crippen molar-refractivity contribution in [1.82, 2.24) is 0 Å². The number of rotatable bonds is 7. The van der Waals surface area contributed by atoms with Gasteiger partial charge < -0.3 is 14.8 Å². The second kappa shape index (κ2) is 8.49. The lowest BCUT2D eigenvalue weighted by Crippen LogP contribution is -2.45. The largest absolute Gasteiger partial charge is 0.493 e. The first kappa shape index (κ1) is 20.9. The molecule has 27 heavy (non-hydrogen) atoms. The third-order valence-electron chi connectivity index (χ3n) is 3.80. The summed E-state index contributed by atoms with van der Waals surface area (Å²) in [7, 11) is -0.736. The van der Waals surface area contributed by atoms with Crippen LogP contribution >= 0.6 is 11.6 Å². The zero-order valence-corrected chi connectivity index (χ0v) is 17.0. The number of hydrogen-bond donors (Lipinski definition) is 1. The zero-order valence-electron chi connectivity index (χ0n) is 15.4. The van der Waals surface area contributed by atoms with Crippen molar-refractivity contribution >= 4 is 38.9 Å². The minimum Gasteiger partial charge on any atom is -0.493 e. The molecule has 0 saturated heterocycles. The Hall–Kier alpha value is -2.45. The number of hydrogen-bond acceptors (Lipinski definition) is 5. The molecule has 1 atom stereocenters. The molecule has 2 aromatic rings. The van der Waals surface area contributed by atoms with Crippen molar-refractivity contribution in [3.8, 4) is 11.5 Å². The van der Waals surface area contributed by atoms with Gasteiger partial charge in [0.25, 0.3) is 0 Å².